The lowest BCUT2D eigenvalue weighted by Crippen LogP contribution is -2.13. The van der Waals surface area contributed by atoms with Gasteiger partial charge in [0.1, 0.15) is 9.88 Å². The van der Waals surface area contributed by atoms with Crippen molar-refractivity contribution in [2.45, 2.75) is 13.1 Å². The van der Waals surface area contributed by atoms with E-state index in [1.54, 1.807) is 30.2 Å². The Kier molecular flexibility index (Phi) is 5.23. The van der Waals surface area contributed by atoms with Crippen molar-refractivity contribution in [3.63, 3.8) is 0 Å². The normalized spacial score (nSPS) is 11.4. The van der Waals surface area contributed by atoms with Crippen LogP contribution in [0.15, 0.2) is 18.2 Å². The topological polar surface area (TPSA) is 102 Å². The van der Waals surface area contributed by atoms with E-state index in [0.717, 1.165) is 11.3 Å². The summed E-state index contributed by atoms with van der Waals surface area (Å²) in [4.78, 5) is 20.2. The van der Waals surface area contributed by atoms with Crippen molar-refractivity contribution in [2.24, 2.45) is 0 Å². The molecule has 0 unspecified atom stereocenters. The van der Waals surface area contributed by atoms with E-state index < -0.39 is 23.9 Å². The molecule has 148 valence electrons. The van der Waals surface area contributed by atoms with Crippen LogP contribution in [0.1, 0.15) is 21.2 Å². The number of thiazole rings is 1. The van der Waals surface area contributed by atoms with Gasteiger partial charge in [0.2, 0.25) is 11.8 Å². The largest absolute Gasteiger partial charge is 0.493 e. The van der Waals surface area contributed by atoms with Gasteiger partial charge in [-0.3, -0.25) is 15.2 Å². The first-order valence-corrected chi connectivity index (χ1v) is 8.55. The summed E-state index contributed by atoms with van der Waals surface area (Å²) in [5, 5.41) is 7.85. The second kappa shape index (κ2) is 7.46. The maximum absolute atomic E-state index is 12.6. The molecule has 0 saturated carbocycles. The molecular formula is C16H14F3N5O3S. The molecule has 2 N–H and O–H groups in total. The molecule has 0 fully saturated rings. The summed E-state index contributed by atoms with van der Waals surface area (Å²) in [6.45, 7) is 1.62. The van der Waals surface area contributed by atoms with Crippen molar-refractivity contribution < 1.29 is 27.4 Å². The number of amides is 1. The Morgan fingerprint density at radius 3 is 2.50 bits per heavy atom. The summed E-state index contributed by atoms with van der Waals surface area (Å²) in [5.74, 6) is -1.39. The lowest BCUT2D eigenvalue weighted by Gasteiger charge is -2.08. The molecule has 0 atom stereocenters. The Bertz CT molecular complexity index is 1020. The fourth-order valence-electron chi connectivity index (χ4n) is 2.30. The number of hydrogen-bond donors (Lipinski definition) is 2. The van der Waals surface area contributed by atoms with Gasteiger partial charge in [-0.1, -0.05) is 0 Å². The molecule has 0 aliphatic rings. The second-order valence-corrected chi connectivity index (χ2v) is 6.46. The van der Waals surface area contributed by atoms with E-state index in [9.17, 15) is 18.0 Å². The number of aryl methyl sites for hydroxylation is 1. The van der Waals surface area contributed by atoms with Gasteiger partial charge in [-0.2, -0.15) is 18.2 Å². The van der Waals surface area contributed by atoms with Gasteiger partial charge < -0.3 is 9.47 Å². The van der Waals surface area contributed by atoms with E-state index in [1.165, 1.54) is 14.2 Å². The number of methoxy groups -OCH3 is 2. The molecule has 0 aliphatic heterocycles. The van der Waals surface area contributed by atoms with Crippen molar-refractivity contribution in [3.05, 3.63) is 34.6 Å². The molecule has 8 nitrogen and oxygen atoms in total. The van der Waals surface area contributed by atoms with Crippen LogP contribution in [-0.2, 0) is 6.18 Å². The minimum atomic E-state index is -4.68. The highest BCUT2D eigenvalue weighted by molar-refractivity contribution is 7.17. The zero-order valence-electron chi connectivity index (χ0n) is 14.8. The summed E-state index contributed by atoms with van der Waals surface area (Å²) in [5.41, 5.74) is 1.11. The summed E-state index contributed by atoms with van der Waals surface area (Å²) in [7, 11) is 3.01. The molecule has 3 aromatic rings. The first-order chi connectivity index (χ1) is 13.2. The van der Waals surface area contributed by atoms with Crippen LogP contribution in [0.4, 0.5) is 19.1 Å². The number of hydrogen-bond acceptors (Lipinski definition) is 7. The highest BCUT2D eigenvalue weighted by atomic mass is 32.1. The van der Waals surface area contributed by atoms with E-state index in [-0.39, 0.29) is 4.88 Å². The second-order valence-electron chi connectivity index (χ2n) is 5.46. The van der Waals surface area contributed by atoms with Crippen LogP contribution in [0.5, 0.6) is 11.5 Å². The van der Waals surface area contributed by atoms with Crippen molar-refractivity contribution in [1.82, 2.24) is 20.2 Å². The van der Waals surface area contributed by atoms with Crippen LogP contribution in [0.2, 0.25) is 0 Å². The van der Waals surface area contributed by atoms with Gasteiger partial charge in [0, 0.05) is 5.56 Å². The third kappa shape index (κ3) is 3.91. The van der Waals surface area contributed by atoms with Crippen molar-refractivity contribution in [1.29, 1.82) is 0 Å². The maximum Gasteiger partial charge on any atom is 0.451 e. The maximum atomic E-state index is 12.6. The number of nitrogens with one attached hydrogen (secondary N) is 2. The van der Waals surface area contributed by atoms with E-state index in [0.29, 0.717) is 27.8 Å². The predicted octanol–water partition coefficient (Wildman–Crippen LogP) is 3.52. The Hall–Kier alpha value is -3.15. The van der Waals surface area contributed by atoms with Crippen LogP contribution in [0.3, 0.4) is 0 Å². The minimum Gasteiger partial charge on any atom is -0.493 e. The van der Waals surface area contributed by atoms with E-state index >= 15 is 0 Å². The van der Waals surface area contributed by atoms with Gasteiger partial charge in [0.25, 0.3) is 5.91 Å². The summed E-state index contributed by atoms with van der Waals surface area (Å²) < 4.78 is 48.1. The van der Waals surface area contributed by atoms with Gasteiger partial charge in [-0.25, -0.2) is 4.98 Å². The van der Waals surface area contributed by atoms with Gasteiger partial charge in [-0.05, 0) is 25.1 Å². The summed E-state index contributed by atoms with van der Waals surface area (Å²) in [6.07, 6.45) is -4.68. The summed E-state index contributed by atoms with van der Waals surface area (Å²) in [6, 6.07) is 5.17. The predicted molar refractivity (Wildman–Crippen MR) is 94.7 cm³/mol. The molecule has 1 aromatic carbocycles. The highest BCUT2D eigenvalue weighted by Gasteiger charge is 2.35. The monoisotopic (exact) mass is 413 g/mol. The quantitative estimate of drug-likeness (QED) is 0.664. The third-order valence-corrected chi connectivity index (χ3v) is 4.82. The van der Waals surface area contributed by atoms with Gasteiger partial charge in [0.05, 0.1) is 19.9 Å². The number of anilines is 1. The smallest absolute Gasteiger partial charge is 0.451 e. The number of halogens is 3. The number of nitrogens with zero attached hydrogens (tertiary/aromatic N) is 3. The number of carbonyl (C=O) groups is 1. The highest BCUT2D eigenvalue weighted by Crippen LogP contribution is 2.35. The first-order valence-electron chi connectivity index (χ1n) is 7.73. The Labute approximate surface area is 160 Å². The zero-order chi connectivity index (χ0) is 20.5. The molecule has 0 spiro atoms. The van der Waals surface area contributed by atoms with Crippen LogP contribution in [0, 0.1) is 6.92 Å². The fourth-order valence-corrected chi connectivity index (χ4v) is 3.26. The molecular weight excluding hydrogens is 399 g/mol. The van der Waals surface area contributed by atoms with Crippen LogP contribution < -0.4 is 14.8 Å². The van der Waals surface area contributed by atoms with Crippen LogP contribution in [0.25, 0.3) is 10.6 Å². The van der Waals surface area contributed by atoms with Crippen molar-refractivity contribution in [3.8, 4) is 22.1 Å². The van der Waals surface area contributed by atoms with Gasteiger partial charge in [0.15, 0.2) is 11.5 Å². The van der Waals surface area contributed by atoms with Gasteiger partial charge >= 0.3 is 6.18 Å². The zero-order valence-corrected chi connectivity index (χ0v) is 15.7. The number of alkyl halides is 3. The molecule has 0 radical (unpaired) electrons. The third-order valence-electron chi connectivity index (χ3n) is 3.61. The number of carbonyl (C=O) groups excluding carboxylic acids is 1. The fraction of sp³-hybridized carbons (Fsp3) is 0.250. The van der Waals surface area contributed by atoms with Gasteiger partial charge in [-0.15, -0.1) is 16.4 Å². The lowest BCUT2D eigenvalue weighted by atomic mass is 10.2. The molecule has 2 heterocycles. The molecule has 2 aromatic heterocycles. The van der Waals surface area contributed by atoms with Crippen molar-refractivity contribution >= 4 is 23.2 Å². The average molecular weight is 413 g/mol. The van der Waals surface area contributed by atoms with Crippen LogP contribution >= 0.6 is 11.3 Å². The molecule has 0 bridgehead atoms. The molecule has 0 aliphatic carbocycles. The Morgan fingerprint density at radius 1 is 1.18 bits per heavy atom. The van der Waals surface area contributed by atoms with Crippen LogP contribution in [-0.4, -0.2) is 40.3 Å². The number of benzene rings is 1. The average Bonchev–Trinajstić information content (AvgIpc) is 3.27. The van der Waals surface area contributed by atoms with E-state index in [2.05, 4.69) is 20.4 Å². The number of aromatic amines is 1. The first kappa shape index (κ1) is 19.6. The van der Waals surface area contributed by atoms with E-state index in [1.807, 2.05) is 0 Å². The molecule has 1 amide bonds. The number of ether oxygens (including phenoxy) is 2. The molecule has 28 heavy (non-hydrogen) atoms. The number of aromatic nitrogens is 4. The lowest BCUT2D eigenvalue weighted by molar-refractivity contribution is -0.144. The Morgan fingerprint density at radius 2 is 1.89 bits per heavy atom. The molecule has 0 saturated heterocycles. The SMILES string of the molecule is COc1ccc(-c2nc(C)c(C(=O)Nc3n[nH]c(C(F)(F)F)n3)s2)cc1OC. The molecule has 3 rings (SSSR count). The van der Waals surface area contributed by atoms with Crippen molar-refractivity contribution in [2.75, 3.05) is 19.5 Å². The minimum absolute atomic E-state index is 0.225. The Balaban J connectivity index is 1.84. The van der Waals surface area contributed by atoms with E-state index in [4.69, 9.17) is 9.47 Å². The summed E-state index contributed by atoms with van der Waals surface area (Å²) >= 11 is 1.08. The number of H-pyrrole nitrogens is 1. The number of rotatable bonds is 5. The standard InChI is InChI=1S/C16H14F3N5O3S/c1-7-11(12(25)21-15-22-14(23-24-15)16(17,18)19)28-13(20-7)8-4-5-9(26-2)10(6-8)27-3/h4-6H,1-3H3,(H2,21,22,23,24,25). The molecule has 12 heteroatoms.